The van der Waals surface area contributed by atoms with Crippen LogP contribution in [0.2, 0.25) is 0 Å². The van der Waals surface area contributed by atoms with Crippen molar-refractivity contribution < 1.29 is 32.7 Å². The smallest absolute Gasteiger partial charge is 0.0958 e. The van der Waals surface area contributed by atoms with Gasteiger partial charge in [-0.2, -0.15) is 29.5 Å². The number of aromatic nitrogens is 1. The third kappa shape index (κ3) is 2.35. The Morgan fingerprint density at radius 3 is 3.00 bits per heavy atom. The van der Waals surface area contributed by atoms with Crippen molar-refractivity contribution in [2.24, 2.45) is 5.73 Å². The second kappa shape index (κ2) is 4.60. The molecule has 0 saturated heterocycles. The van der Waals surface area contributed by atoms with Crippen LogP contribution in [0.15, 0.2) is 18.2 Å². The van der Waals surface area contributed by atoms with Gasteiger partial charge in [0.15, 0.2) is 0 Å². The molecule has 65 valence electrons. The van der Waals surface area contributed by atoms with Crippen LogP contribution < -0.4 is 5.73 Å². The van der Waals surface area contributed by atoms with E-state index in [1.807, 2.05) is 25.1 Å². The van der Waals surface area contributed by atoms with Gasteiger partial charge < -0.3 is 5.73 Å². The monoisotopic (exact) mass is 266 g/mol. The molecule has 1 radical (unpaired) electrons. The third-order valence-corrected chi connectivity index (χ3v) is 2.86. The predicted octanol–water partition coefficient (Wildman–Crippen LogP) is 2.11. The first-order valence-electron chi connectivity index (χ1n) is 3.79. The van der Waals surface area contributed by atoms with Crippen molar-refractivity contribution in [1.29, 1.82) is 0 Å². The molecule has 0 fully saturated rings. The van der Waals surface area contributed by atoms with E-state index in [1.54, 1.807) is 11.3 Å². The van der Waals surface area contributed by atoms with Gasteiger partial charge in [-0.3, -0.25) is 4.98 Å². The van der Waals surface area contributed by atoms with Crippen LogP contribution in [-0.2, 0) is 32.7 Å². The Hall–Kier alpha value is 0.174. The van der Waals surface area contributed by atoms with Gasteiger partial charge in [-0.05, 0) is 12.4 Å². The van der Waals surface area contributed by atoms with Crippen LogP contribution in [0.25, 0.3) is 10.2 Å². The summed E-state index contributed by atoms with van der Waals surface area (Å²) in [4.78, 5) is 4.39. The van der Waals surface area contributed by atoms with E-state index in [9.17, 15) is 0 Å². The van der Waals surface area contributed by atoms with Gasteiger partial charge in [0.25, 0.3) is 0 Å². The van der Waals surface area contributed by atoms with Crippen LogP contribution in [-0.4, -0.2) is 4.98 Å². The molecule has 2 nitrogen and oxygen atoms in total. The Bertz CT molecular complexity index is 364. The van der Waals surface area contributed by atoms with E-state index >= 15 is 0 Å². The number of nitrogens with zero attached hydrogens (tertiary/aromatic N) is 1. The van der Waals surface area contributed by atoms with Crippen LogP contribution in [0.4, 0.5) is 0 Å². The Morgan fingerprint density at radius 2 is 2.38 bits per heavy atom. The average molecular weight is 266 g/mol. The Morgan fingerprint density at radius 1 is 1.62 bits per heavy atom. The Kier molecular flexibility index (Phi) is 3.98. The summed E-state index contributed by atoms with van der Waals surface area (Å²) < 4.78 is 1.16. The van der Waals surface area contributed by atoms with Crippen molar-refractivity contribution in [3.05, 3.63) is 29.3 Å². The standard InChI is InChI=1S/C9H9N2S.Y/c1-6(10)9-11-7-4-2-3-5-8(7)12-9;/h2,4-6H,10H2,1H3;/q-1;. The number of nitrogens with two attached hydrogens (primary N) is 1. The van der Waals surface area contributed by atoms with E-state index in [2.05, 4.69) is 11.1 Å². The van der Waals surface area contributed by atoms with Crippen molar-refractivity contribution in [3.8, 4) is 0 Å². The van der Waals surface area contributed by atoms with Crippen LogP contribution >= 0.6 is 11.3 Å². The zero-order chi connectivity index (χ0) is 8.55. The summed E-state index contributed by atoms with van der Waals surface area (Å²) in [5, 5.41) is 0.990. The SMILES string of the molecule is CC(N)c1nc2cc[c-]cc2s1.[Y]. The van der Waals surface area contributed by atoms with Crippen molar-refractivity contribution in [2.75, 3.05) is 0 Å². The molecule has 1 aromatic carbocycles. The molecule has 0 aliphatic carbocycles. The Labute approximate surface area is 106 Å². The van der Waals surface area contributed by atoms with Crippen LogP contribution in [0.1, 0.15) is 18.0 Å². The van der Waals surface area contributed by atoms with E-state index in [0.29, 0.717) is 0 Å². The molecule has 2 N–H and O–H groups in total. The summed E-state index contributed by atoms with van der Waals surface area (Å²) in [5.41, 5.74) is 6.73. The maximum Gasteiger partial charge on any atom is 0.0958 e. The molecule has 1 unspecified atom stereocenters. The third-order valence-electron chi connectivity index (χ3n) is 1.64. The molecular formula is C9H9N2SY-. The van der Waals surface area contributed by atoms with Crippen LogP contribution in [0.3, 0.4) is 0 Å². The summed E-state index contributed by atoms with van der Waals surface area (Å²) in [6.07, 6.45) is 0. The summed E-state index contributed by atoms with van der Waals surface area (Å²) in [6, 6.07) is 8.81. The summed E-state index contributed by atoms with van der Waals surface area (Å²) in [5.74, 6) is 0. The predicted molar refractivity (Wildman–Crippen MR) is 51.1 cm³/mol. The quantitative estimate of drug-likeness (QED) is 0.803. The molecule has 0 aliphatic rings. The van der Waals surface area contributed by atoms with E-state index in [-0.39, 0.29) is 38.8 Å². The number of benzene rings is 1. The minimum Gasteiger partial charge on any atom is -0.322 e. The zero-order valence-electron chi connectivity index (χ0n) is 7.32. The number of hydrogen-bond acceptors (Lipinski definition) is 3. The van der Waals surface area contributed by atoms with Gasteiger partial charge in [-0.15, -0.1) is 6.07 Å². The van der Waals surface area contributed by atoms with Gasteiger partial charge in [-0.1, -0.05) is 4.70 Å². The van der Waals surface area contributed by atoms with Crippen molar-refractivity contribution >= 4 is 21.6 Å². The summed E-state index contributed by atoms with van der Waals surface area (Å²) >= 11 is 1.64. The fourth-order valence-electron chi connectivity index (χ4n) is 1.03. The summed E-state index contributed by atoms with van der Waals surface area (Å²) in [6.45, 7) is 1.95. The average Bonchev–Trinajstić information content (AvgIpc) is 2.46. The van der Waals surface area contributed by atoms with Crippen LogP contribution in [0.5, 0.6) is 0 Å². The minimum absolute atomic E-state index is 0. The molecule has 1 atom stereocenters. The first-order valence-corrected chi connectivity index (χ1v) is 4.61. The number of thiazole rings is 1. The zero-order valence-corrected chi connectivity index (χ0v) is 11.0. The molecule has 0 spiro atoms. The van der Waals surface area contributed by atoms with E-state index in [4.69, 9.17) is 5.73 Å². The van der Waals surface area contributed by atoms with E-state index in [0.717, 1.165) is 15.2 Å². The molecule has 1 heterocycles. The molecule has 4 heteroatoms. The molecule has 0 aliphatic heterocycles. The molecule has 0 amide bonds. The first-order chi connectivity index (χ1) is 5.77. The molecule has 0 bridgehead atoms. The van der Waals surface area contributed by atoms with Gasteiger partial charge in [0.2, 0.25) is 0 Å². The molecule has 2 rings (SSSR count). The maximum absolute atomic E-state index is 5.72. The van der Waals surface area contributed by atoms with Crippen LogP contribution in [0, 0.1) is 6.07 Å². The summed E-state index contributed by atoms with van der Waals surface area (Å²) in [7, 11) is 0. The van der Waals surface area contributed by atoms with Gasteiger partial charge in [0.05, 0.1) is 11.0 Å². The van der Waals surface area contributed by atoms with Crippen molar-refractivity contribution in [3.63, 3.8) is 0 Å². The van der Waals surface area contributed by atoms with Gasteiger partial charge in [0.1, 0.15) is 0 Å². The van der Waals surface area contributed by atoms with Gasteiger partial charge in [-0.25, -0.2) is 0 Å². The fraction of sp³-hybridized carbons (Fsp3) is 0.222. The Balaban J connectivity index is 0.000000845. The molecular weight excluding hydrogens is 257 g/mol. The molecule has 13 heavy (non-hydrogen) atoms. The fourth-order valence-corrected chi connectivity index (χ4v) is 1.93. The van der Waals surface area contributed by atoms with E-state index < -0.39 is 0 Å². The number of rotatable bonds is 1. The van der Waals surface area contributed by atoms with Crippen molar-refractivity contribution in [1.82, 2.24) is 4.98 Å². The molecule has 2 aromatic rings. The maximum atomic E-state index is 5.72. The molecule has 0 saturated carbocycles. The van der Waals surface area contributed by atoms with Gasteiger partial charge >= 0.3 is 0 Å². The number of hydrogen-bond donors (Lipinski definition) is 1. The molecule has 1 aromatic heterocycles. The topological polar surface area (TPSA) is 38.9 Å². The minimum atomic E-state index is 0. The first kappa shape index (κ1) is 11.2. The number of fused-ring (bicyclic) bond motifs is 1. The van der Waals surface area contributed by atoms with Crippen molar-refractivity contribution in [2.45, 2.75) is 13.0 Å². The second-order valence-electron chi connectivity index (χ2n) is 2.73. The van der Waals surface area contributed by atoms with E-state index in [1.165, 1.54) is 0 Å². The normalized spacial score (nSPS) is 12.5. The largest absolute Gasteiger partial charge is 0.322 e. The second-order valence-corrected chi connectivity index (χ2v) is 3.80. The van der Waals surface area contributed by atoms with Gasteiger partial charge in [0, 0.05) is 32.7 Å².